The largest absolute Gasteiger partial charge is 0.292 e. The predicted octanol–water partition coefficient (Wildman–Crippen LogP) is 5.52. The van der Waals surface area contributed by atoms with E-state index < -0.39 is 11.6 Å². The predicted molar refractivity (Wildman–Crippen MR) is 125 cm³/mol. The molecule has 0 aliphatic carbocycles. The zero-order chi connectivity index (χ0) is 22.2. The monoisotopic (exact) mass is 468 g/mol. The minimum Gasteiger partial charge on any atom is -0.292 e. The highest BCUT2D eigenvalue weighted by atomic mass is 32.2. The van der Waals surface area contributed by atoms with E-state index >= 15 is 0 Å². The van der Waals surface area contributed by atoms with Crippen molar-refractivity contribution in [3.8, 4) is 0 Å². The van der Waals surface area contributed by atoms with Crippen LogP contribution in [0.3, 0.4) is 0 Å². The number of para-hydroxylation sites is 2. The summed E-state index contributed by atoms with van der Waals surface area (Å²) < 4.78 is 28.7. The molecule has 2 aliphatic heterocycles. The van der Waals surface area contributed by atoms with Gasteiger partial charge in [-0.05, 0) is 35.4 Å². The number of hydrogen-bond donors (Lipinski definition) is 0. The summed E-state index contributed by atoms with van der Waals surface area (Å²) in [5.74, 6) is -0.615. The molecule has 0 spiro atoms. The van der Waals surface area contributed by atoms with Crippen molar-refractivity contribution in [1.29, 1.82) is 0 Å². The molecule has 0 N–H and O–H groups in total. The highest BCUT2D eigenvalue weighted by Crippen LogP contribution is 2.45. The summed E-state index contributed by atoms with van der Waals surface area (Å²) in [5.41, 5.74) is 2.25. The van der Waals surface area contributed by atoms with Gasteiger partial charge in [0.25, 0.3) is 0 Å². The third-order valence-corrected chi connectivity index (χ3v) is 7.89. The molecule has 2 heterocycles. The lowest BCUT2D eigenvalue weighted by Gasteiger charge is -2.26. The maximum absolute atomic E-state index is 14.4. The van der Waals surface area contributed by atoms with Crippen LogP contribution in [0.15, 0.2) is 72.8 Å². The Morgan fingerprint density at radius 2 is 1.00 bits per heavy atom. The molecule has 0 radical (unpaired) electrons. The van der Waals surface area contributed by atoms with Crippen LogP contribution in [0.2, 0.25) is 0 Å². The van der Waals surface area contributed by atoms with Crippen molar-refractivity contribution >= 4 is 46.7 Å². The topological polar surface area (TPSA) is 40.6 Å². The number of anilines is 2. The van der Waals surface area contributed by atoms with Crippen LogP contribution < -0.4 is 9.80 Å². The van der Waals surface area contributed by atoms with Crippen LogP contribution in [-0.2, 0) is 9.59 Å². The Morgan fingerprint density at radius 3 is 1.38 bits per heavy atom. The number of amides is 2. The lowest BCUT2D eigenvalue weighted by Crippen LogP contribution is -2.29. The van der Waals surface area contributed by atoms with Gasteiger partial charge < -0.3 is 0 Å². The Kier molecular flexibility index (Phi) is 5.65. The lowest BCUT2D eigenvalue weighted by atomic mass is 10.1. The second kappa shape index (κ2) is 8.60. The van der Waals surface area contributed by atoms with Crippen molar-refractivity contribution in [2.45, 2.75) is 10.7 Å². The zero-order valence-electron chi connectivity index (χ0n) is 16.8. The van der Waals surface area contributed by atoms with E-state index in [1.807, 2.05) is 24.3 Å². The average molecular weight is 469 g/mol. The highest BCUT2D eigenvalue weighted by molar-refractivity contribution is 8.01. The molecule has 8 heteroatoms. The van der Waals surface area contributed by atoms with E-state index in [0.717, 1.165) is 11.1 Å². The summed E-state index contributed by atoms with van der Waals surface area (Å²) in [5, 5.41) is -0.678. The normalized spacial score (nSPS) is 20.9. The Morgan fingerprint density at radius 1 is 0.625 bits per heavy atom. The average Bonchev–Trinajstić information content (AvgIpc) is 3.37. The molecule has 0 aromatic heterocycles. The molecular weight excluding hydrogens is 450 g/mol. The summed E-state index contributed by atoms with van der Waals surface area (Å²) in [6.45, 7) is 0. The minimum absolute atomic E-state index is 0.142. The smallest absolute Gasteiger partial charge is 0.238 e. The van der Waals surface area contributed by atoms with Gasteiger partial charge in [0.1, 0.15) is 22.4 Å². The number of rotatable bonds is 4. The van der Waals surface area contributed by atoms with Gasteiger partial charge in [-0.3, -0.25) is 19.4 Å². The number of benzene rings is 3. The Labute approximate surface area is 192 Å². The van der Waals surface area contributed by atoms with Crippen LogP contribution in [0.4, 0.5) is 20.2 Å². The molecule has 162 valence electrons. The van der Waals surface area contributed by atoms with Crippen molar-refractivity contribution in [3.63, 3.8) is 0 Å². The van der Waals surface area contributed by atoms with Gasteiger partial charge in [-0.15, -0.1) is 23.5 Å². The summed E-state index contributed by atoms with van der Waals surface area (Å²) in [4.78, 5) is 28.0. The first kappa shape index (κ1) is 21.0. The van der Waals surface area contributed by atoms with Crippen LogP contribution in [-0.4, -0.2) is 23.3 Å². The molecule has 4 nitrogen and oxygen atoms in total. The van der Waals surface area contributed by atoms with Crippen molar-refractivity contribution in [2.24, 2.45) is 0 Å². The second-order valence-corrected chi connectivity index (χ2v) is 9.56. The molecule has 2 unspecified atom stereocenters. The quantitative estimate of drug-likeness (QED) is 0.506. The van der Waals surface area contributed by atoms with Gasteiger partial charge in [-0.2, -0.15) is 0 Å². The van der Waals surface area contributed by atoms with Crippen molar-refractivity contribution in [2.75, 3.05) is 21.3 Å². The molecule has 5 rings (SSSR count). The van der Waals surface area contributed by atoms with E-state index in [1.165, 1.54) is 45.5 Å². The van der Waals surface area contributed by atoms with Crippen molar-refractivity contribution < 1.29 is 18.4 Å². The van der Waals surface area contributed by atoms with E-state index in [0.29, 0.717) is 0 Å². The molecule has 3 aromatic rings. The number of hydrogen-bond acceptors (Lipinski definition) is 4. The standard InChI is InChI=1S/C24H18F2N2O2S2/c25-17-5-1-3-7-19(17)27-21(29)13-31-23(27)15-9-11-16(12-10-15)24-28(22(30)14-32-24)20-8-4-2-6-18(20)26/h1-12,23-24H,13-14H2. The summed E-state index contributed by atoms with van der Waals surface area (Å²) in [6, 6.07) is 20.1. The Bertz CT molecular complexity index is 1100. The number of thioether (sulfide) groups is 2. The van der Waals surface area contributed by atoms with Gasteiger partial charge >= 0.3 is 0 Å². The SMILES string of the molecule is O=C1CSC(c2ccc(C3SCC(=O)N3c3ccccc3F)cc2)N1c1ccccc1F. The van der Waals surface area contributed by atoms with Crippen molar-refractivity contribution in [3.05, 3.63) is 95.6 Å². The highest BCUT2D eigenvalue weighted by Gasteiger charge is 2.37. The van der Waals surface area contributed by atoms with Gasteiger partial charge in [0.15, 0.2) is 0 Å². The molecule has 0 saturated carbocycles. The molecule has 2 saturated heterocycles. The van der Waals surface area contributed by atoms with E-state index in [-0.39, 0.29) is 45.4 Å². The molecular formula is C24H18F2N2O2S2. The first-order valence-corrected chi connectivity index (χ1v) is 12.1. The van der Waals surface area contributed by atoms with Crippen LogP contribution in [0.5, 0.6) is 0 Å². The third-order valence-electron chi connectivity index (χ3n) is 5.47. The first-order chi connectivity index (χ1) is 15.5. The number of carbonyl (C=O) groups is 2. The molecule has 32 heavy (non-hydrogen) atoms. The molecule has 2 aliphatic rings. The van der Waals surface area contributed by atoms with Crippen LogP contribution in [0.1, 0.15) is 21.9 Å². The van der Waals surface area contributed by atoms with Gasteiger partial charge in [-0.1, -0.05) is 48.5 Å². The zero-order valence-corrected chi connectivity index (χ0v) is 18.4. The maximum atomic E-state index is 14.4. The number of halogens is 2. The molecule has 2 atom stereocenters. The first-order valence-electron chi connectivity index (χ1n) is 10.0. The van der Waals surface area contributed by atoms with Crippen LogP contribution in [0, 0.1) is 11.6 Å². The van der Waals surface area contributed by atoms with Gasteiger partial charge in [0.2, 0.25) is 11.8 Å². The van der Waals surface area contributed by atoms with E-state index in [1.54, 1.807) is 36.4 Å². The molecule has 3 aromatic carbocycles. The van der Waals surface area contributed by atoms with Gasteiger partial charge in [-0.25, -0.2) is 8.78 Å². The maximum Gasteiger partial charge on any atom is 0.238 e. The third kappa shape index (κ3) is 3.67. The summed E-state index contributed by atoms with van der Waals surface area (Å²) in [7, 11) is 0. The fourth-order valence-corrected chi connectivity index (χ4v) is 6.32. The number of nitrogens with zero attached hydrogens (tertiary/aromatic N) is 2. The second-order valence-electron chi connectivity index (χ2n) is 7.42. The lowest BCUT2D eigenvalue weighted by molar-refractivity contribution is -0.116. The molecule has 2 amide bonds. The molecule has 0 bridgehead atoms. The molecule has 2 fully saturated rings. The van der Waals surface area contributed by atoms with E-state index in [2.05, 4.69) is 0 Å². The van der Waals surface area contributed by atoms with Crippen LogP contribution in [0.25, 0.3) is 0 Å². The Balaban J connectivity index is 1.44. The van der Waals surface area contributed by atoms with Crippen molar-refractivity contribution in [1.82, 2.24) is 0 Å². The van der Waals surface area contributed by atoms with Gasteiger partial charge in [0.05, 0.1) is 22.9 Å². The Hall–Kier alpha value is -2.84. The fourth-order valence-electron chi connectivity index (χ4n) is 3.98. The summed E-state index contributed by atoms with van der Waals surface area (Å²) >= 11 is 2.89. The van der Waals surface area contributed by atoms with E-state index in [9.17, 15) is 18.4 Å². The van der Waals surface area contributed by atoms with Gasteiger partial charge in [0, 0.05) is 0 Å². The fraction of sp³-hybridized carbons (Fsp3) is 0.167. The van der Waals surface area contributed by atoms with E-state index in [4.69, 9.17) is 0 Å². The number of carbonyl (C=O) groups excluding carboxylic acids is 2. The van der Waals surface area contributed by atoms with Crippen LogP contribution >= 0.6 is 23.5 Å². The summed E-state index contributed by atoms with van der Waals surface area (Å²) in [6.07, 6.45) is 0. The minimum atomic E-state index is -0.439.